The summed E-state index contributed by atoms with van der Waals surface area (Å²) in [7, 11) is 0. The molecule has 0 aliphatic carbocycles. The lowest BCUT2D eigenvalue weighted by atomic mass is 10.1. The largest absolute Gasteiger partial charge is 0.489 e. The van der Waals surface area contributed by atoms with E-state index in [0.29, 0.717) is 41.4 Å². The molecule has 0 bridgehead atoms. The molecule has 0 spiro atoms. The van der Waals surface area contributed by atoms with E-state index in [1.807, 2.05) is 97.1 Å². The first-order valence-electron chi connectivity index (χ1n) is 11.4. The van der Waals surface area contributed by atoms with Crippen LogP contribution in [0.1, 0.15) is 22.5 Å². The third-order valence-corrected chi connectivity index (χ3v) is 5.51. The van der Waals surface area contributed by atoms with Gasteiger partial charge >= 0.3 is 0 Å². The van der Waals surface area contributed by atoms with Crippen molar-refractivity contribution in [3.63, 3.8) is 0 Å². The highest BCUT2D eigenvalue weighted by atomic mass is 16.5. The van der Waals surface area contributed by atoms with Crippen LogP contribution < -0.4 is 14.9 Å². The van der Waals surface area contributed by atoms with E-state index in [1.165, 1.54) is 6.07 Å². The average Bonchev–Trinajstić information content (AvgIpc) is 2.91. The Morgan fingerprint density at radius 1 is 0.657 bits per heavy atom. The highest BCUT2D eigenvalue weighted by Gasteiger charge is 2.14. The summed E-state index contributed by atoms with van der Waals surface area (Å²) in [6, 6.07) is 34.6. The van der Waals surface area contributed by atoms with E-state index in [1.54, 1.807) is 18.2 Å². The maximum atomic E-state index is 13.1. The fraction of sp³-hybridized carbons (Fsp3) is 0.0645. The van der Waals surface area contributed by atoms with Crippen molar-refractivity contribution in [3.05, 3.63) is 142 Å². The van der Waals surface area contributed by atoms with Crippen molar-refractivity contribution < 1.29 is 13.9 Å². The summed E-state index contributed by atoms with van der Waals surface area (Å²) in [5.41, 5.74) is 3.31. The third-order valence-electron chi connectivity index (χ3n) is 5.51. The fourth-order valence-electron chi connectivity index (χ4n) is 3.75. The first kappa shape index (κ1) is 22.2. The Kier molecular flexibility index (Phi) is 6.72. The zero-order valence-corrected chi connectivity index (χ0v) is 19.1. The second-order valence-electron chi connectivity index (χ2n) is 8.10. The average molecular weight is 461 g/mol. The molecule has 1 aromatic heterocycles. The van der Waals surface area contributed by atoms with E-state index in [2.05, 4.69) is 0 Å². The van der Waals surface area contributed by atoms with Gasteiger partial charge < -0.3 is 13.9 Å². The third kappa shape index (κ3) is 5.68. The van der Waals surface area contributed by atoms with Gasteiger partial charge in [0.15, 0.2) is 5.43 Å². The van der Waals surface area contributed by atoms with Gasteiger partial charge in [0.25, 0.3) is 0 Å². The number of hydrogen-bond acceptors (Lipinski definition) is 4. The molecule has 0 fully saturated rings. The molecule has 0 saturated carbocycles. The Labute approximate surface area is 203 Å². The fourth-order valence-corrected chi connectivity index (χ4v) is 3.75. The molecular formula is C31H24O4. The molecule has 0 radical (unpaired) electrons. The van der Waals surface area contributed by atoms with Gasteiger partial charge in [0, 0.05) is 18.2 Å². The molecule has 172 valence electrons. The van der Waals surface area contributed by atoms with Crippen molar-refractivity contribution in [1.82, 2.24) is 0 Å². The van der Waals surface area contributed by atoms with Crippen LogP contribution in [0.5, 0.6) is 11.5 Å². The Morgan fingerprint density at radius 3 is 1.91 bits per heavy atom. The van der Waals surface area contributed by atoms with Gasteiger partial charge in [0.2, 0.25) is 0 Å². The SMILES string of the molecule is O=c1cc(/C=C/c2ccccc2)oc2cc(OCc3ccccc3)cc(OCc3ccccc3)c12. The van der Waals surface area contributed by atoms with Gasteiger partial charge in [-0.25, -0.2) is 0 Å². The van der Waals surface area contributed by atoms with E-state index in [-0.39, 0.29) is 5.43 Å². The minimum absolute atomic E-state index is 0.170. The summed E-state index contributed by atoms with van der Waals surface area (Å²) in [5, 5.41) is 0.393. The summed E-state index contributed by atoms with van der Waals surface area (Å²) in [4.78, 5) is 13.1. The predicted molar refractivity (Wildman–Crippen MR) is 139 cm³/mol. The normalized spacial score (nSPS) is 11.1. The number of hydrogen-bond donors (Lipinski definition) is 0. The van der Waals surface area contributed by atoms with Crippen LogP contribution in [0.15, 0.2) is 118 Å². The standard InChI is InChI=1S/C31H24O4/c32-28-18-26(17-16-23-10-4-1-5-11-23)35-30-20-27(33-21-24-12-6-2-7-13-24)19-29(31(28)30)34-22-25-14-8-3-9-15-25/h1-20H,21-22H2/b17-16+. The van der Waals surface area contributed by atoms with Crippen molar-refractivity contribution in [3.8, 4) is 11.5 Å². The molecule has 35 heavy (non-hydrogen) atoms. The number of rotatable bonds is 8. The van der Waals surface area contributed by atoms with Gasteiger partial charge in [0.05, 0.1) is 0 Å². The highest BCUT2D eigenvalue weighted by molar-refractivity contribution is 5.86. The lowest BCUT2D eigenvalue weighted by Crippen LogP contribution is -2.05. The molecule has 0 aliphatic rings. The lowest BCUT2D eigenvalue weighted by molar-refractivity contribution is 0.292. The van der Waals surface area contributed by atoms with Crippen molar-refractivity contribution in [1.29, 1.82) is 0 Å². The molecule has 4 heteroatoms. The van der Waals surface area contributed by atoms with E-state index < -0.39 is 0 Å². The number of fused-ring (bicyclic) bond motifs is 1. The molecule has 0 aliphatic heterocycles. The van der Waals surface area contributed by atoms with Crippen LogP contribution in [-0.2, 0) is 13.2 Å². The van der Waals surface area contributed by atoms with Gasteiger partial charge in [0.1, 0.15) is 41.4 Å². The van der Waals surface area contributed by atoms with E-state index >= 15 is 0 Å². The van der Waals surface area contributed by atoms with Gasteiger partial charge in [-0.15, -0.1) is 0 Å². The first-order chi connectivity index (χ1) is 17.2. The molecule has 4 aromatic carbocycles. The number of benzene rings is 4. The second kappa shape index (κ2) is 10.6. The molecule has 5 rings (SSSR count). The first-order valence-corrected chi connectivity index (χ1v) is 11.4. The smallest absolute Gasteiger partial charge is 0.197 e. The molecule has 4 nitrogen and oxygen atoms in total. The summed E-state index contributed by atoms with van der Waals surface area (Å²) in [5.74, 6) is 1.46. The van der Waals surface area contributed by atoms with Gasteiger partial charge in [-0.1, -0.05) is 97.1 Å². The molecule has 0 amide bonds. The zero-order valence-electron chi connectivity index (χ0n) is 19.1. The summed E-state index contributed by atoms with van der Waals surface area (Å²) in [6.45, 7) is 0.718. The van der Waals surface area contributed by atoms with Gasteiger partial charge in [-0.3, -0.25) is 4.79 Å². The van der Waals surface area contributed by atoms with Crippen LogP contribution in [0, 0.1) is 0 Å². The zero-order chi connectivity index (χ0) is 23.9. The van der Waals surface area contributed by atoms with Crippen LogP contribution in [0.4, 0.5) is 0 Å². The quantitative estimate of drug-likeness (QED) is 0.247. The van der Waals surface area contributed by atoms with Crippen LogP contribution in [0.25, 0.3) is 23.1 Å². The Bertz CT molecular complexity index is 1490. The number of ether oxygens (including phenoxy) is 2. The maximum absolute atomic E-state index is 13.1. The lowest BCUT2D eigenvalue weighted by Gasteiger charge is -2.13. The molecule has 0 unspecified atom stereocenters. The van der Waals surface area contributed by atoms with Gasteiger partial charge in [-0.2, -0.15) is 0 Å². The minimum atomic E-state index is -0.170. The molecule has 0 N–H and O–H groups in total. The Balaban J connectivity index is 1.50. The summed E-state index contributed by atoms with van der Waals surface area (Å²) < 4.78 is 18.2. The van der Waals surface area contributed by atoms with Crippen molar-refractivity contribution in [2.75, 3.05) is 0 Å². The van der Waals surface area contributed by atoms with E-state index in [9.17, 15) is 4.79 Å². The van der Waals surface area contributed by atoms with E-state index in [0.717, 1.165) is 16.7 Å². The molecule has 0 atom stereocenters. The highest BCUT2D eigenvalue weighted by Crippen LogP contribution is 2.31. The predicted octanol–water partition coefficient (Wildman–Crippen LogP) is 7.12. The monoisotopic (exact) mass is 460 g/mol. The molecule has 1 heterocycles. The molecule has 5 aromatic rings. The van der Waals surface area contributed by atoms with Crippen molar-refractivity contribution in [2.24, 2.45) is 0 Å². The van der Waals surface area contributed by atoms with Crippen LogP contribution in [0.2, 0.25) is 0 Å². The Hall–Kier alpha value is -4.57. The molecule has 0 saturated heterocycles. The molecular weight excluding hydrogens is 436 g/mol. The second-order valence-corrected chi connectivity index (χ2v) is 8.10. The summed E-state index contributed by atoms with van der Waals surface area (Å²) in [6.07, 6.45) is 3.70. The minimum Gasteiger partial charge on any atom is -0.489 e. The Morgan fingerprint density at radius 2 is 1.26 bits per heavy atom. The van der Waals surface area contributed by atoms with Crippen LogP contribution in [0.3, 0.4) is 0 Å². The van der Waals surface area contributed by atoms with Crippen LogP contribution in [-0.4, -0.2) is 0 Å². The maximum Gasteiger partial charge on any atom is 0.197 e. The van der Waals surface area contributed by atoms with Crippen LogP contribution >= 0.6 is 0 Å². The van der Waals surface area contributed by atoms with E-state index in [4.69, 9.17) is 13.9 Å². The van der Waals surface area contributed by atoms with Gasteiger partial charge in [-0.05, 0) is 22.8 Å². The van der Waals surface area contributed by atoms with Crippen molar-refractivity contribution >= 4 is 23.1 Å². The topological polar surface area (TPSA) is 48.7 Å². The van der Waals surface area contributed by atoms with Crippen molar-refractivity contribution in [2.45, 2.75) is 13.2 Å². The summed E-state index contributed by atoms with van der Waals surface area (Å²) >= 11 is 0.